The second-order valence-electron chi connectivity index (χ2n) is 5.16. The van der Waals surface area contributed by atoms with Crippen molar-refractivity contribution < 1.29 is 9.90 Å². The molecular weight excluding hydrogens is 268 g/mol. The predicted molar refractivity (Wildman–Crippen MR) is 76.3 cm³/mol. The summed E-state index contributed by atoms with van der Waals surface area (Å²) < 4.78 is 0. The summed E-state index contributed by atoms with van der Waals surface area (Å²) in [6.07, 6.45) is 2.41. The van der Waals surface area contributed by atoms with Crippen LogP contribution in [0.15, 0.2) is 18.2 Å². The van der Waals surface area contributed by atoms with Crippen LogP contribution in [0, 0.1) is 12.3 Å². The number of aliphatic carboxylic acids is 1. The van der Waals surface area contributed by atoms with E-state index in [2.05, 4.69) is 12.1 Å². The molecular formula is C14H17ClO2S. The zero-order valence-electron chi connectivity index (χ0n) is 10.4. The van der Waals surface area contributed by atoms with E-state index in [-0.39, 0.29) is 5.41 Å². The Hall–Kier alpha value is -0.670. The molecule has 98 valence electrons. The van der Waals surface area contributed by atoms with Crippen LogP contribution in [0.1, 0.15) is 30.4 Å². The van der Waals surface area contributed by atoms with Crippen LogP contribution >= 0.6 is 23.4 Å². The van der Waals surface area contributed by atoms with Crippen molar-refractivity contribution in [3.05, 3.63) is 34.3 Å². The lowest BCUT2D eigenvalue weighted by Crippen LogP contribution is -2.11. The van der Waals surface area contributed by atoms with E-state index in [1.54, 1.807) is 11.8 Å². The lowest BCUT2D eigenvalue weighted by molar-refractivity contribution is -0.138. The summed E-state index contributed by atoms with van der Waals surface area (Å²) in [6.45, 7) is 2.02. The van der Waals surface area contributed by atoms with Gasteiger partial charge in [-0.2, -0.15) is 11.8 Å². The van der Waals surface area contributed by atoms with E-state index < -0.39 is 5.97 Å². The van der Waals surface area contributed by atoms with E-state index in [1.165, 1.54) is 5.56 Å². The highest BCUT2D eigenvalue weighted by Gasteiger charge is 2.43. The molecule has 1 aliphatic rings. The topological polar surface area (TPSA) is 37.3 Å². The van der Waals surface area contributed by atoms with E-state index >= 15 is 0 Å². The summed E-state index contributed by atoms with van der Waals surface area (Å²) in [5.74, 6) is 1.10. The lowest BCUT2D eigenvalue weighted by Gasteiger charge is -2.12. The Balaban J connectivity index is 1.83. The van der Waals surface area contributed by atoms with Gasteiger partial charge in [-0.1, -0.05) is 23.7 Å². The minimum atomic E-state index is -0.679. The number of benzene rings is 1. The average molecular weight is 285 g/mol. The van der Waals surface area contributed by atoms with Gasteiger partial charge in [-0.05, 0) is 48.1 Å². The number of carboxylic acids is 1. The third kappa shape index (κ3) is 3.66. The highest BCUT2D eigenvalue weighted by Crippen LogP contribution is 2.51. The Morgan fingerprint density at radius 2 is 2.22 bits per heavy atom. The number of halogens is 1. The van der Waals surface area contributed by atoms with E-state index in [0.717, 1.165) is 34.9 Å². The summed E-state index contributed by atoms with van der Waals surface area (Å²) in [5.41, 5.74) is 2.37. The fourth-order valence-corrected chi connectivity index (χ4v) is 3.80. The molecule has 0 unspecified atom stereocenters. The van der Waals surface area contributed by atoms with Crippen molar-refractivity contribution >= 4 is 29.3 Å². The summed E-state index contributed by atoms with van der Waals surface area (Å²) in [4.78, 5) is 10.7. The van der Waals surface area contributed by atoms with Crippen LogP contribution in [0.3, 0.4) is 0 Å². The fraction of sp³-hybridized carbons (Fsp3) is 0.500. The lowest BCUT2D eigenvalue weighted by atomic mass is 10.1. The standard InChI is InChI=1S/C14H17ClO2S/c1-10-2-3-11(12(15)6-10)8-18-9-14(4-5-14)7-13(16)17/h2-3,6H,4-5,7-9H2,1H3,(H,16,17). The number of aryl methyl sites for hydroxylation is 1. The number of hydrogen-bond acceptors (Lipinski definition) is 2. The first-order chi connectivity index (χ1) is 8.51. The number of thioether (sulfide) groups is 1. The minimum absolute atomic E-state index is 0.0632. The average Bonchev–Trinajstić information content (AvgIpc) is 3.00. The van der Waals surface area contributed by atoms with Gasteiger partial charge in [-0.15, -0.1) is 0 Å². The number of rotatable bonds is 6. The number of hydrogen-bond donors (Lipinski definition) is 1. The van der Waals surface area contributed by atoms with Crippen LogP contribution in [0.25, 0.3) is 0 Å². The highest BCUT2D eigenvalue weighted by molar-refractivity contribution is 7.98. The monoisotopic (exact) mass is 284 g/mol. The van der Waals surface area contributed by atoms with Gasteiger partial charge in [0.15, 0.2) is 0 Å². The molecule has 18 heavy (non-hydrogen) atoms. The molecule has 0 bridgehead atoms. The van der Waals surface area contributed by atoms with Crippen LogP contribution in [0.5, 0.6) is 0 Å². The van der Waals surface area contributed by atoms with Gasteiger partial charge in [0.1, 0.15) is 0 Å². The maximum Gasteiger partial charge on any atom is 0.303 e. The van der Waals surface area contributed by atoms with E-state index in [0.29, 0.717) is 6.42 Å². The summed E-state index contributed by atoms with van der Waals surface area (Å²) >= 11 is 7.96. The molecule has 2 nitrogen and oxygen atoms in total. The molecule has 0 heterocycles. The number of carbonyl (C=O) groups is 1. The Morgan fingerprint density at radius 1 is 1.50 bits per heavy atom. The zero-order valence-corrected chi connectivity index (χ0v) is 12.0. The third-order valence-electron chi connectivity index (χ3n) is 3.36. The first-order valence-corrected chi connectivity index (χ1v) is 7.59. The van der Waals surface area contributed by atoms with Gasteiger partial charge in [0.2, 0.25) is 0 Å². The van der Waals surface area contributed by atoms with Crippen molar-refractivity contribution in [3.8, 4) is 0 Å². The molecule has 1 saturated carbocycles. The van der Waals surface area contributed by atoms with Crippen LogP contribution in [0.2, 0.25) is 5.02 Å². The molecule has 0 aromatic heterocycles. The zero-order chi connectivity index (χ0) is 13.2. The van der Waals surface area contributed by atoms with Gasteiger partial charge in [0.05, 0.1) is 6.42 Å². The second kappa shape index (κ2) is 5.54. The Labute approximate surface area is 117 Å². The molecule has 0 saturated heterocycles. The van der Waals surface area contributed by atoms with E-state index in [1.807, 2.05) is 13.0 Å². The van der Waals surface area contributed by atoms with Crippen molar-refractivity contribution in [2.75, 3.05) is 5.75 Å². The molecule has 1 aliphatic carbocycles. The first kappa shape index (κ1) is 13.8. The van der Waals surface area contributed by atoms with Crippen LogP contribution in [-0.2, 0) is 10.5 Å². The van der Waals surface area contributed by atoms with Crippen LogP contribution < -0.4 is 0 Å². The Kier molecular flexibility index (Phi) is 4.23. The fourth-order valence-electron chi connectivity index (χ4n) is 2.02. The summed E-state index contributed by atoms with van der Waals surface area (Å²) in [5, 5.41) is 9.66. The molecule has 0 spiro atoms. The second-order valence-corrected chi connectivity index (χ2v) is 6.55. The van der Waals surface area contributed by atoms with Crippen molar-refractivity contribution in [1.29, 1.82) is 0 Å². The number of carboxylic acid groups (broad SMARTS) is 1. The van der Waals surface area contributed by atoms with Crippen LogP contribution in [-0.4, -0.2) is 16.8 Å². The highest BCUT2D eigenvalue weighted by atomic mass is 35.5. The first-order valence-electron chi connectivity index (χ1n) is 6.05. The Bertz CT molecular complexity index is 455. The van der Waals surface area contributed by atoms with Gasteiger partial charge in [0.25, 0.3) is 0 Å². The summed E-state index contributed by atoms with van der Waals surface area (Å²) in [7, 11) is 0. The molecule has 0 atom stereocenters. The van der Waals surface area contributed by atoms with Crippen molar-refractivity contribution in [3.63, 3.8) is 0 Å². The van der Waals surface area contributed by atoms with Gasteiger partial charge in [-0.3, -0.25) is 4.79 Å². The van der Waals surface area contributed by atoms with E-state index in [4.69, 9.17) is 16.7 Å². The van der Waals surface area contributed by atoms with Gasteiger partial charge in [-0.25, -0.2) is 0 Å². The SMILES string of the molecule is Cc1ccc(CSCC2(CC(=O)O)CC2)c(Cl)c1. The third-order valence-corrected chi connectivity index (χ3v) is 5.04. The molecule has 1 aromatic carbocycles. The molecule has 2 rings (SSSR count). The Morgan fingerprint density at radius 3 is 2.78 bits per heavy atom. The summed E-state index contributed by atoms with van der Waals surface area (Å²) in [6, 6.07) is 6.09. The quantitative estimate of drug-likeness (QED) is 0.853. The molecule has 0 amide bonds. The minimum Gasteiger partial charge on any atom is -0.481 e. The molecule has 0 radical (unpaired) electrons. The van der Waals surface area contributed by atoms with Crippen molar-refractivity contribution in [2.24, 2.45) is 5.41 Å². The van der Waals surface area contributed by atoms with Crippen molar-refractivity contribution in [1.82, 2.24) is 0 Å². The smallest absolute Gasteiger partial charge is 0.303 e. The molecule has 0 aliphatic heterocycles. The maximum absolute atomic E-state index is 10.7. The van der Waals surface area contributed by atoms with Gasteiger partial charge >= 0.3 is 5.97 Å². The van der Waals surface area contributed by atoms with Gasteiger partial charge < -0.3 is 5.11 Å². The van der Waals surface area contributed by atoms with Crippen molar-refractivity contribution in [2.45, 2.75) is 31.9 Å². The van der Waals surface area contributed by atoms with Crippen LogP contribution in [0.4, 0.5) is 0 Å². The molecule has 1 fully saturated rings. The molecule has 1 N–H and O–H groups in total. The van der Waals surface area contributed by atoms with E-state index in [9.17, 15) is 4.79 Å². The normalized spacial score (nSPS) is 16.6. The molecule has 1 aromatic rings. The van der Waals surface area contributed by atoms with Gasteiger partial charge in [0, 0.05) is 10.8 Å². The molecule has 4 heteroatoms. The maximum atomic E-state index is 10.7. The largest absolute Gasteiger partial charge is 0.481 e. The predicted octanol–water partition coefficient (Wildman–Crippen LogP) is 4.14.